The first kappa shape index (κ1) is 36.8. The zero-order valence-electron chi connectivity index (χ0n) is 28.5. The summed E-state index contributed by atoms with van der Waals surface area (Å²) in [4.78, 5) is 0. The van der Waals surface area contributed by atoms with Gasteiger partial charge in [0.25, 0.3) is 0 Å². The summed E-state index contributed by atoms with van der Waals surface area (Å²) in [6, 6.07) is 36.8. The van der Waals surface area contributed by atoms with Crippen molar-refractivity contribution in [3.8, 4) is 22.3 Å². The molecule has 2 heteroatoms. The van der Waals surface area contributed by atoms with Gasteiger partial charge in [0.1, 0.15) is 0 Å². The molecule has 5 aromatic rings. The molecule has 1 aliphatic carbocycles. The minimum absolute atomic E-state index is 0. The molecule has 6 rings (SSSR count). The minimum Gasteiger partial charge on any atom is -0.358 e. The number of hydrogen-bond donors (Lipinski definition) is 0. The molecule has 45 heavy (non-hydrogen) atoms. The molecule has 0 bridgehead atoms. The molecular weight excluding hydrogens is 723 g/mol. The first-order chi connectivity index (χ1) is 20.0. The van der Waals surface area contributed by atoms with Gasteiger partial charge < -0.3 is 21.8 Å². The van der Waals surface area contributed by atoms with E-state index < -0.39 is 0 Å². The minimum atomic E-state index is 0. The van der Waals surface area contributed by atoms with Crippen LogP contribution in [0, 0.1) is 21.8 Å². The van der Waals surface area contributed by atoms with Crippen LogP contribution in [0.3, 0.4) is 0 Å². The van der Waals surface area contributed by atoms with Crippen molar-refractivity contribution in [2.75, 3.05) is 0 Å². The van der Waals surface area contributed by atoms with E-state index in [4.69, 9.17) is 0 Å². The molecule has 2 radical (unpaired) electrons. The Balaban J connectivity index is 0.00000184. The largest absolute Gasteiger partial charge is 4.00 e. The van der Waals surface area contributed by atoms with Gasteiger partial charge in [-0.05, 0) is 55.7 Å². The summed E-state index contributed by atoms with van der Waals surface area (Å²) in [6.07, 6.45) is 4.54. The van der Waals surface area contributed by atoms with Gasteiger partial charge in [0.05, 0.1) is 9.52 Å². The van der Waals surface area contributed by atoms with Crippen LogP contribution in [0.15, 0.2) is 102 Å². The SMILES string of the molecule is [CH2-]CCC1C([Si]c2cc3c(-c4cccc(C(C)(C)C)c4)cccc3[cH-]2)=Cc2c(-c3cccc(C(C)(C)C)c3)cccc21.[CH3-].[CH3-].[Hf+4]. The number of hydrogen-bond acceptors (Lipinski definition) is 0. The van der Waals surface area contributed by atoms with Crippen molar-refractivity contribution in [3.05, 3.63) is 146 Å². The van der Waals surface area contributed by atoms with E-state index >= 15 is 0 Å². The molecule has 0 aromatic heterocycles. The predicted molar refractivity (Wildman–Crippen MR) is 198 cm³/mol. The summed E-state index contributed by atoms with van der Waals surface area (Å²) < 4.78 is 0. The smallest absolute Gasteiger partial charge is 0.358 e. The molecule has 1 atom stereocenters. The zero-order chi connectivity index (χ0) is 29.6. The monoisotopic (exact) mass is 772 g/mol. The van der Waals surface area contributed by atoms with Crippen molar-refractivity contribution in [2.45, 2.75) is 71.1 Å². The summed E-state index contributed by atoms with van der Waals surface area (Å²) in [5.41, 5.74) is 11.2. The fourth-order valence-electron chi connectivity index (χ4n) is 6.39. The molecule has 0 nitrogen and oxygen atoms in total. The first-order valence-electron chi connectivity index (χ1n) is 15.3. The fourth-order valence-corrected chi connectivity index (χ4v) is 7.86. The van der Waals surface area contributed by atoms with Crippen LogP contribution in [0.2, 0.25) is 0 Å². The third kappa shape index (κ3) is 7.49. The predicted octanol–water partition coefficient (Wildman–Crippen LogP) is 11.5. The maximum absolute atomic E-state index is 4.26. The Labute approximate surface area is 295 Å². The second-order valence-electron chi connectivity index (χ2n) is 13.9. The number of rotatable bonds is 6. The molecule has 228 valence electrons. The van der Waals surface area contributed by atoms with Crippen LogP contribution in [-0.2, 0) is 36.7 Å². The van der Waals surface area contributed by atoms with Crippen molar-refractivity contribution >= 4 is 31.6 Å². The Morgan fingerprint density at radius 1 is 0.711 bits per heavy atom. The normalized spacial score (nSPS) is 14.2. The molecule has 0 fully saturated rings. The number of allylic oxidation sites excluding steroid dienone is 1. The van der Waals surface area contributed by atoms with Crippen molar-refractivity contribution in [2.24, 2.45) is 0 Å². The molecule has 1 aliphatic rings. The summed E-state index contributed by atoms with van der Waals surface area (Å²) in [5, 5.41) is 5.66. The van der Waals surface area contributed by atoms with Gasteiger partial charge in [-0.15, -0.1) is 34.2 Å². The van der Waals surface area contributed by atoms with Gasteiger partial charge in [0, 0.05) is 0 Å². The zero-order valence-corrected chi connectivity index (χ0v) is 33.1. The van der Waals surface area contributed by atoms with Crippen LogP contribution in [0.5, 0.6) is 0 Å². The van der Waals surface area contributed by atoms with Gasteiger partial charge >= 0.3 is 25.8 Å². The third-order valence-corrected chi connectivity index (χ3v) is 10.2. The van der Waals surface area contributed by atoms with Gasteiger partial charge in [0.15, 0.2) is 0 Å². The van der Waals surface area contributed by atoms with Crippen LogP contribution in [-0.4, -0.2) is 9.52 Å². The summed E-state index contributed by atoms with van der Waals surface area (Å²) >= 11 is 0. The Bertz CT molecular complexity index is 1790. The summed E-state index contributed by atoms with van der Waals surface area (Å²) in [5.74, 6) is 0.433. The third-order valence-electron chi connectivity index (χ3n) is 8.80. The van der Waals surface area contributed by atoms with Crippen LogP contribution < -0.4 is 5.19 Å². The molecular formula is C43H48HfSi. The van der Waals surface area contributed by atoms with Crippen LogP contribution in [0.1, 0.15) is 82.6 Å². The van der Waals surface area contributed by atoms with Crippen molar-refractivity contribution in [1.29, 1.82) is 0 Å². The summed E-state index contributed by atoms with van der Waals surface area (Å²) in [6.45, 7) is 18.0. The van der Waals surface area contributed by atoms with Gasteiger partial charge in [-0.25, -0.2) is 0 Å². The Kier molecular flexibility index (Phi) is 11.8. The fraction of sp³-hybridized carbons (Fsp3) is 0.256. The van der Waals surface area contributed by atoms with Crippen LogP contribution in [0.4, 0.5) is 0 Å². The maximum Gasteiger partial charge on any atom is 4.00 e. The van der Waals surface area contributed by atoms with Crippen LogP contribution >= 0.6 is 0 Å². The molecule has 0 saturated heterocycles. The first-order valence-corrected chi connectivity index (χ1v) is 16.3. The average molecular weight is 771 g/mol. The van der Waals surface area contributed by atoms with E-state index in [1.807, 2.05) is 0 Å². The van der Waals surface area contributed by atoms with Crippen molar-refractivity contribution < 1.29 is 25.8 Å². The van der Waals surface area contributed by atoms with E-state index in [1.54, 1.807) is 5.20 Å². The van der Waals surface area contributed by atoms with E-state index in [-0.39, 0.29) is 51.5 Å². The standard InChI is InChI=1S/C41H42Si.2CH3.Hf/c1-8-13-36-35-21-12-20-34(28-15-10-18-31(23-28)41(5,6)7)38(35)26-39(36)42-32-24-29-16-11-19-33(37(29)25-32)27-14-9-17-30(22-27)40(2,3)4;;;/h9-12,14-26,36H,1,8,13H2,2-7H3;2*1H3;/q-2;2*-1;+4. The molecule has 5 aromatic carbocycles. The van der Waals surface area contributed by atoms with E-state index in [9.17, 15) is 0 Å². The van der Waals surface area contributed by atoms with E-state index in [0.717, 1.165) is 12.8 Å². The van der Waals surface area contributed by atoms with Gasteiger partial charge in [0.2, 0.25) is 0 Å². The summed E-state index contributed by atoms with van der Waals surface area (Å²) in [7, 11) is 0.646. The van der Waals surface area contributed by atoms with Gasteiger partial charge in [-0.2, -0.15) is 12.5 Å². The Morgan fingerprint density at radius 2 is 1.27 bits per heavy atom. The van der Waals surface area contributed by atoms with Gasteiger partial charge in [-0.3, -0.25) is 0 Å². The molecule has 0 saturated carbocycles. The quantitative estimate of drug-likeness (QED) is 0.119. The molecule has 0 amide bonds. The maximum atomic E-state index is 4.26. The second-order valence-corrected chi connectivity index (χ2v) is 15.3. The van der Waals surface area contributed by atoms with Crippen molar-refractivity contribution in [1.82, 2.24) is 0 Å². The molecule has 0 heterocycles. The van der Waals surface area contributed by atoms with E-state index in [1.165, 1.54) is 60.5 Å². The molecule has 0 aliphatic heterocycles. The number of fused-ring (bicyclic) bond motifs is 2. The topological polar surface area (TPSA) is 0 Å². The van der Waals surface area contributed by atoms with E-state index in [2.05, 4.69) is 152 Å². The van der Waals surface area contributed by atoms with E-state index in [0.29, 0.717) is 15.4 Å². The molecule has 1 unspecified atom stereocenters. The Hall–Kier alpha value is -2.68. The average Bonchev–Trinajstić information content (AvgIpc) is 3.53. The second kappa shape index (κ2) is 14.4. The Morgan fingerprint density at radius 3 is 1.87 bits per heavy atom. The van der Waals surface area contributed by atoms with Crippen LogP contribution in [0.25, 0.3) is 39.1 Å². The molecule has 0 spiro atoms. The van der Waals surface area contributed by atoms with Crippen molar-refractivity contribution in [3.63, 3.8) is 0 Å². The molecule has 0 N–H and O–H groups in total. The van der Waals surface area contributed by atoms with Gasteiger partial charge in [-0.1, -0.05) is 138 Å². The number of benzene rings is 4.